The Bertz CT molecular complexity index is 1170. The van der Waals surface area contributed by atoms with Crippen LogP contribution in [0.25, 0.3) is 0 Å². The molecule has 0 aliphatic carbocycles. The van der Waals surface area contributed by atoms with Crippen molar-refractivity contribution in [2.24, 2.45) is 0 Å². The molecule has 0 saturated carbocycles. The minimum absolute atomic E-state index is 0.0307. The van der Waals surface area contributed by atoms with Crippen molar-refractivity contribution in [3.8, 4) is 0 Å². The summed E-state index contributed by atoms with van der Waals surface area (Å²) in [5.41, 5.74) is 1.49. The van der Waals surface area contributed by atoms with E-state index in [4.69, 9.17) is 20.8 Å². The van der Waals surface area contributed by atoms with Gasteiger partial charge in [-0.05, 0) is 55.3 Å². The van der Waals surface area contributed by atoms with E-state index in [0.29, 0.717) is 60.4 Å². The number of halogens is 4. The Morgan fingerprint density at radius 1 is 1.03 bits per heavy atom. The number of carbonyl (C=O) groups excluding carboxylic acids is 1. The second-order valence-corrected chi connectivity index (χ2v) is 9.40. The third-order valence-electron chi connectivity index (χ3n) is 6.33. The van der Waals surface area contributed by atoms with Gasteiger partial charge in [-0.15, -0.1) is 0 Å². The summed E-state index contributed by atoms with van der Waals surface area (Å²) in [6.45, 7) is 6.87. The summed E-state index contributed by atoms with van der Waals surface area (Å²) in [5.74, 6) is 1.31. The van der Waals surface area contributed by atoms with Crippen LogP contribution in [0.3, 0.4) is 0 Å². The van der Waals surface area contributed by atoms with Gasteiger partial charge >= 0.3 is 6.18 Å². The van der Waals surface area contributed by atoms with Crippen LogP contribution in [0.15, 0.2) is 59.0 Å². The van der Waals surface area contributed by atoms with Gasteiger partial charge in [-0.3, -0.25) is 9.69 Å². The predicted octanol–water partition coefficient (Wildman–Crippen LogP) is 6.28. The lowest BCUT2D eigenvalue weighted by molar-refractivity contribution is -0.137. The second-order valence-electron chi connectivity index (χ2n) is 8.97. The van der Waals surface area contributed by atoms with E-state index >= 15 is 0 Å². The molecule has 2 heterocycles. The Kier molecular flexibility index (Phi) is 8.07. The Hall–Kier alpha value is -2.81. The summed E-state index contributed by atoms with van der Waals surface area (Å²) in [7, 11) is 0. The number of hydrogen-bond donors (Lipinski definition) is 0. The van der Waals surface area contributed by atoms with Gasteiger partial charge in [-0.1, -0.05) is 35.9 Å². The number of nitrogens with zero attached hydrogens (tertiary/aromatic N) is 2. The highest BCUT2D eigenvalue weighted by molar-refractivity contribution is 6.30. The lowest BCUT2D eigenvalue weighted by atomic mass is 10.1. The summed E-state index contributed by atoms with van der Waals surface area (Å²) < 4.78 is 50.3. The predicted molar refractivity (Wildman–Crippen MR) is 131 cm³/mol. The van der Waals surface area contributed by atoms with Crippen LogP contribution >= 0.6 is 11.6 Å². The molecule has 1 aliphatic rings. The van der Waals surface area contributed by atoms with Gasteiger partial charge in [0.05, 0.1) is 23.8 Å². The Morgan fingerprint density at radius 3 is 2.22 bits per heavy atom. The molecule has 1 amide bonds. The summed E-state index contributed by atoms with van der Waals surface area (Å²) >= 11 is 6.05. The molecule has 0 unspecified atom stereocenters. The minimum Gasteiger partial charge on any atom is -0.466 e. The molecule has 0 radical (unpaired) electrons. The summed E-state index contributed by atoms with van der Waals surface area (Å²) in [6.07, 6.45) is -4.69. The summed E-state index contributed by atoms with van der Waals surface area (Å²) in [5, 5.41) is 0.608. The molecule has 3 aromatic rings. The first kappa shape index (κ1) is 26.3. The van der Waals surface area contributed by atoms with Crippen molar-refractivity contribution in [2.45, 2.75) is 32.7 Å². The normalized spacial score (nSPS) is 15.8. The number of carbonyl (C=O) groups is 1. The minimum atomic E-state index is -4.37. The highest BCUT2D eigenvalue weighted by atomic mass is 35.5. The molecular weight excluding hydrogens is 493 g/mol. The molecule has 0 N–H and O–H groups in total. The second kappa shape index (κ2) is 11.1. The average Bonchev–Trinajstić information content (AvgIpc) is 3.19. The average molecular weight is 521 g/mol. The number of rotatable bonds is 7. The van der Waals surface area contributed by atoms with Crippen molar-refractivity contribution in [1.82, 2.24) is 9.80 Å². The van der Waals surface area contributed by atoms with Gasteiger partial charge < -0.3 is 14.1 Å². The maximum atomic E-state index is 12.9. The third kappa shape index (κ3) is 6.49. The van der Waals surface area contributed by atoms with E-state index < -0.39 is 11.7 Å². The zero-order valence-corrected chi connectivity index (χ0v) is 20.9. The van der Waals surface area contributed by atoms with Crippen LogP contribution in [0.4, 0.5) is 13.2 Å². The number of furan rings is 1. The lowest BCUT2D eigenvalue weighted by Crippen LogP contribution is -2.49. The van der Waals surface area contributed by atoms with Crippen molar-refractivity contribution in [3.63, 3.8) is 0 Å². The molecule has 1 atom stereocenters. The van der Waals surface area contributed by atoms with E-state index in [1.807, 2.05) is 24.0 Å². The van der Waals surface area contributed by atoms with Crippen LogP contribution in [-0.4, -0.2) is 48.4 Å². The number of alkyl halides is 3. The van der Waals surface area contributed by atoms with Gasteiger partial charge in [0.1, 0.15) is 11.5 Å². The van der Waals surface area contributed by atoms with Gasteiger partial charge in [0, 0.05) is 37.7 Å². The number of piperazine rings is 1. The van der Waals surface area contributed by atoms with Gasteiger partial charge in [-0.2, -0.15) is 13.2 Å². The van der Waals surface area contributed by atoms with Crippen molar-refractivity contribution >= 4 is 17.5 Å². The molecule has 5 nitrogen and oxygen atoms in total. The van der Waals surface area contributed by atoms with E-state index in [0.717, 1.165) is 17.7 Å². The maximum Gasteiger partial charge on any atom is 0.416 e. The molecule has 1 fully saturated rings. The molecule has 0 bridgehead atoms. The zero-order chi connectivity index (χ0) is 25.9. The third-order valence-corrected chi connectivity index (χ3v) is 6.58. The van der Waals surface area contributed by atoms with E-state index in [9.17, 15) is 18.0 Å². The first-order valence-electron chi connectivity index (χ1n) is 11.7. The molecule has 36 heavy (non-hydrogen) atoms. The molecule has 4 rings (SSSR count). The van der Waals surface area contributed by atoms with Gasteiger partial charge in [0.2, 0.25) is 0 Å². The van der Waals surface area contributed by atoms with Crippen LogP contribution < -0.4 is 0 Å². The largest absolute Gasteiger partial charge is 0.466 e. The number of hydrogen-bond acceptors (Lipinski definition) is 4. The first-order valence-corrected chi connectivity index (χ1v) is 12.1. The van der Waals surface area contributed by atoms with Crippen LogP contribution in [-0.2, 0) is 17.5 Å². The van der Waals surface area contributed by atoms with E-state index in [-0.39, 0.29) is 18.6 Å². The SMILES string of the molecule is Cc1cc(C(=O)N2CCN(C[C@H](OCc3ccc(C(F)(F)F)cc3)c3ccc(Cl)cc3)CC2)c(C)o1. The van der Waals surface area contributed by atoms with Gasteiger partial charge in [-0.25, -0.2) is 0 Å². The lowest BCUT2D eigenvalue weighted by Gasteiger charge is -2.36. The molecule has 9 heteroatoms. The zero-order valence-electron chi connectivity index (χ0n) is 20.1. The van der Waals surface area contributed by atoms with Gasteiger partial charge in [0.25, 0.3) is 5.91 Å². The van der Waals surface area contributed by atoms with Crippen LogP contribution in [0.2, 0.25) is 5.02 Å². The number of ether oxygens (including phenoxy) is 1. The standard InChI is InChI=1S/C27H28ClF3N2O3/c1-18-15-24(19(2)36-18)26(34)33-13-11-32(12-14-33)16-25(21-5-9-23(28)10-6-21)35-17-20-3-7-22(8-4-20)27(29,30)31/h3-10,15,25H,11-14,16-17H2,1-2H3/t25-/m0/s1. The fourth-order valence-corrected chi connectivity index (χ4v) is 4.43. The Labute approximate surface area is 213 Å². The molecule has 192 valence electrons. The fourth-order valence-electron chi connectivity index (χ4n) is 4.30. The smallest absolute Gasteiger partial charge is 0.416 e. The molecule has 1 aliphatic heterocycles. The summed E-state index contributed by atoms with van der Waals surface area (Å²) in [6, 6.07) is 14.1. The van der Waals surface area contributed by atoms with Crippen molar-refractivity contribution in [2.75, 3.05) is 32.7 Å². The first-order chi connectivity index (χ1) is 17.1. The van der Waals surface area contributed by atoms with E-state index in [2.05, 4.69) is 4.90 Å². The van der Waals surface area contributed by atoms with Gasteiger partial charge in [0.15, 0.2) is 0 Å². The van der Waals surface area contributed by atoms with Crippen molar-refractivity contribution < 1.29 is 27.1 Å². The Balaban J connectivity index is 1.39. The molecule has 1 saturated heterocycles. The van der Waals surface area contributed by atoms with Crippen LogP contribution in [0, 0.1) is 13.8 Å². The molecule has 2 aromatic carbocycles. The number of amides is 1. The highest BCUT2D eigenvalue weighted by Gasteiger charge is 2.30. The fraction of sp³-hybridized carbons (Fsp3) is 0.370. The Morgan fingerprint density at radius 2 is 1.67 bits per heavy atom. The van der Waals surface area contributed by atoms with Crippen LogP contribution in [0.5, 0.6) is 0 Å². The monoisotopic (exact) mass is 520 g/mol. The number of aryl methyl sites for hydroxylation is 2. The summed E-state index contributed by atoms with van der Waals surface area (Å²) in [4.78, 5) is 17.0. The maximum absolute atomic E-state index is 12.9. The van der Waals surface area contributed by atoms with E-state index in [1.54, 1.807) is 25.1 Å². The molecular formula is C27H28ClF3N2O3. The van der Waals surface area contributed by atoms with Crippen molar-refractivity contribution in [1.29, 1.82) is 0 Å². The van der Waals surface area contributed by atoms with E-state index in [1.165, 1.54) is 12.1 Å². The number of benzene rings is 2. The quantitative estimate of drug-likeness (QED) is 0.367. The molecule has 0 spiro atoms. The highest BCUT2D eigenvalue weighted by Crippen LogP contribution is 2.30. The van der Waals surface area contributed by atoms with Crippen molar-refractivity contribution in [3.05, 3.63) is 93.4 Å². The molecule has 1 aromatic heterocycles. The van der Waals surface area contributed by atoms with Crippen LogP contribution in [0.1, 0.15) is 44.7 Å². The topological polar surface area (TPSA) is 45.9 Å².